The smallest absolute Gasteiger partial charge is 0.0543 e. The van der Waals surface area contributed by atoms with Gasteiger partial charge < -0.3 is 11.1 Å². The summed E-state index contributed by atoms with van der Waals surface area (Å²) in [5.41, 5.74) is 6.74. The Hall–Kier alpha value is -0.870. The van der Waals surface area contributed by atoms with Gasteiger partial charge in [0, 0.05) is 18.3 Å². The first-order valence-corrected chi connectivity index (χ1v) is 5.99. The maximum Gasteiger partial charge on any atom is 0.0543 e. The van der Waals surface area contributed by atoms with Crippen LogP contribution in [-0.2, 0) is 12.1 Å². The minimum atomic E-state index is 0.0673. The first kappa shape index (κ1) is 13.2. The highest BCUT2D eigenvalue weighted by Crippen LogP contribution is 2.12. The highest BCUT2D eigenvalue weighted by molar-refractivity contribution is 5.04. The van der Waals surface area contributed by atoms with Crippen LogP contribution in [0.1, 0.15) is 39.2 Å². The summed E-state index contributed by atoms with van der Waals surface area (Å²) >= 11 is 0. The quantitative estimate of drug-likeness (QED) is 0.719. The van der Waals surface area contributed by atoms with Crippen LogP contribution >= 0.6 is 0 Å². The molecule has 0 fully saturated rings. The van der Waals surface area contributed by atoms with Crippen molar-refractivity contribution in [3.63, 3.8) is 0 Å². The molecule has 0 aliphatic heterocycles. The Morgan fingerprint density at radius 2 is 2.12 bits per heavy atom. The minimum Gasteiger partial charge on any atom is -0.330 e. The normalized spacial score (nSPS) is 12.0. The lowest BCUT2D eigenvalue weighted by atomic mass is 10.1. The molecule has 1 rings (SSSR count). The lowest BCUT2D eigenvalue weighted by Gasteiger charge is -2.18. The molecule has 1 heterocycles. The van der Waals surface area contributed by atoms with Gasteiger partial charge in [-0.2, -0.15) is 5.10 Å². The average molecular weight is 224 g/mol. The fourth-order valence-electron chi connectivity index (χ4n) is 1.45. The van der Waals surface area contributed by atoms with Crippen LogP contribution in [0.2, 0.25) is 0 Å². The lowest BCUT2D eigenvalue weighted by Crippen LogP contribution is -2.22. The summed E-state index contributed by atoms with van der Waals surface area (Å²) in [5.74, 6) is 0. The highest BCUT2D eigenvalue weighted by atomic mass is 15.3. The van der Waals surface area contributed by atoms with Crippen LogP contribution < -0.4 is 11.1 Å². The molecular formula is C12H24N4. The predicted octanol–water partition coefficient (Wildman–Crippen LogP) is 1.47. The van der Waals surface area contributed by atoms with Crippen LogP contribution in [0, 0.1) is 0 Å². The van der Waals surface area contributed by atoms with Gasteiger partial charge in [-0.05, 0) is 46.7 Å². The SMILES string of the molecule is CC(C)(C)n1cc(CNCCCCN)cn1. The second kappa shape index (κ2) is 6.01. The molecular weight excluding hydrogens is 200 g/mol. The van der Waals surface area contributed by atoms with Crippen molar-refractivity contribution in [3.05, 3.63) is 18.0 Å². The molecule has 0 atom stereocenters. The van der Waals surface area contributed by atoms with E-state index >= 15 is 0 Å². The van der Waals surface area contributed by atoms with Crippen molar-refractivity contribution < 1.29 is 0 Å². The number of aromatic nitrogens is 2. The van der Waals surface area contributed by atoms with Crippen molar-refractivity contribution in [1.29, 1.82) is 0 Å². The Bertz CT molecular complexity index is 298. The average Bonchev–Trinajstić information content (AvgIpc) is 2.65. The van der Waals surface area contributed by atoms with Crippen LogP contribution in [0.3, 0.4) is 0 Å². The zero-order valence-corrected chi connectivity index (χ0v) is 10.7. The molecule has 0 spiro atoms. The largest absolute Gasteiger partial charge is 0.330 e. The standard InChI is InChI=1S/C12H24N4/c1-12(2,3)16-10-11(9-15-16)8-14-7-5-4-6-13/h9-10,14H,4-8,13H2,1-3H3. The maximum absolute atomic E-state index is 5.43. The Balaban J connectivity index is 2.30. The van der Waals surface area contributed by atoms with Gasteiger partial charge in [0.15, 0.2) is 0 Å². The van der Waals surface area contributed by atoms with E-state index in [0.717, 1.165) is 32.5 Å². The van der Waals surface area contributed by atoms with Gasteiger partial charge in [-0.25, -0.2) is 0 Å². The molecule has 4 nitrogen and oxygen atoms in total. The number of nitrogens with one attached hydrogen (secondary N) is 1. The minimum absolute atomic E-state index is 0.0673. The first-order valence-electron chi connectivity index (χ1n) is 5.99. The Labute approximate surface area is 98.2 Å². The van der Waals surface area contributed by atoms with Gasteiger partial charge in [-0.1, -0.05) is 0 Å². The number of hydrogen-bond acceptors (Lipinski definition) is 3. The van der Waals surface area contributed by atoms with E-state index in [0.29, 0.717) is 0 Å². The van der Waals surface area contributed by atoms with E-state index in [-0.39, 0.29) is 5.54 Å². The van der Waals surface area contributed by atoms with Gasteiger partial charge in [0.25, 0.3) is 0 Å². The van der Waals surface area contributed by atoms with Gasteiger partial charge in [-0.3, -0.25) is 4.68 Å². The van der Waals surface area contributed by atoms with E-state index in [2.05, 4.69) is 37.4 Å². The molecule has 16 heavy (non-hydrogen) atoms. The molecule has 0 aliphatic carbocycles. The van der Waals surface area contributed by atoms with Crippen molar-refractivity contribution >= 4 is 0 Å². The van der Waals surface area contributed by atoms with Gasteiger partial charge in [-0.15, -0.1) is 0 Å². The Kier molecular flexibility index (Phi) is 4.96. The van der Waals surface area contributed by atoms with Gasteiger partial charge in [0.2, 0.25) is 0 Å². The molecule has 0 radical (unpaired) electrons. The molecule has 0 aromatic carbocycles. The monoisotopic (exact) mass is 224 g/mol. The molecule has 1 aromatic rings. The number of nitrogens with two attached hydrogens (primary N) is 1. The van der Waals surface area contributed by atoms with Gasteiger partial charge in [0.05, 0.1) is 11.7 Å². The number of hydrogen-bond donors (Lipinski definition) is 2. The highest BCUT2D eigenvalue weighted by Gasteiger charge is 2.13. The third-order valence-electron chi connectivity index (χ3n) is 2.46. The summed E-state index contributed by atoms with van der Waals surface area (Å²) in [5, 5.41) is 7.75. The van der Waals surface area contributed by atoms with Crippen molar-refractivity contribution in [2.24, 2.45) is 5.73 Å². The third kappa shape index (κ3) is 4.33. The van der Waals surface area contributed by atoms with E-state index in [9.17, 15) is 0 Å². The molecule has 4 heteroatoms. The molecule has 0 unspecified atom stereocenters. The molecule has 0 saturated carbocycles. The van der Waals surface area contributed by atoms with Crippen molar-refractivity contribution in [1.82, 2.24) is 15.1 Å². The van der Waals surface area contributed by atoms with Crippen LogP contribution in [-0.4, -0.2) is 22.9 Å². The molecule has 3 N–H and O–H groups in total. The lowest BCUT2D eigenvalue weighted by molar-refractivity contribution is 0.355. The summed E-state index contributed by atoms with van der Waals surface area (Å²) in [6.45, 7) is 9.15. The fraction of sp³-hybridized carbons (Fsp3) is 0.750. The number of rotatable bonds is 6. The molecule has 0 amide bonds. The second-order valence-corrected chi connectivity index (χ2v) is 5.14. The van der Waals surface area contributed by atoms with Crippen LogP contribution in [0.4, 0.5) is 0 Å². The van der Waals surface area contributed by atoms with Crippen LogP contribution in [0.5, 0.6) is 0 Å². The zero-order valence-electron chi connectivity index (χ0n) is 10.7. The molecule has 0 bridgehead atoms. The summed E-state index contributed by atoms with van der Waals surface area (Å²) < 4.78 is 2.00. The van der Waals surface area contributed by atoms with Crippen molar-refractivity contribution in [2.75, 3.05) is 13.1 Å². The van der Waals surface area contributed by atoms with E-state index in [1.54, 1.807) is 0 Å². The topological polar surface area (TPSA) is 55.9 Å². The third-order valence-corrected chi connectivity index (χ3v) is 2.46. The fourth-order valence-corrected chi connectivity index (χ4v) is 1.45. The maximum atomic E-state index is 5.43. The van der Waals surface area contributed by atoms with Gasteiger partial charge >= 0.3 is 0 Å². The second-order valence-electron chi connectivity index (χ2n) is 5.14. The van der Waals surface area contributed by atoms with Crippen molar-refractivity contribution in [2.45, 2.75) is 45.7 Å². The van der Waals surface area contributed by atoms with E-state index < -0.39 is 0 Å². The molecule has 0 saturated heterocycles. The summed E-state index contributed by atoms with van der Waals surface area (Å²) in [4.78, 5) is 0. The van der Waals surface area contributed by atoms with E-state index in [1.165, 1.54) is 5.56 Å². The number of nitrogens with zero attached hydrogens (tertiary/aromatic N) is 2. The first-order chi connectivity index (χ1) is 7.54. The Morgan fingerprint density at radius 3 is 2.69 bits per heavy atom. The van der Waals surface area contributed by atoms with E-state index in [4.69, 9.17) is 5.73 Å². The summed E-state index contributed by atoms with van der Waals surface area (Å²) in [6, 6.07) is 0. The Morgan fingerprint density at radius 1 is 1.38 bits per heavy atom. The predicted molar refractivity (Wildman–Crippen MR) is 67.2 cm³/mol. The van der Waals surface area contributed by atoms with E-state index in [1.807, 2.05) is 10.9 Å². The van der Waals surface area contributed by atoms with Crippen molar-refractivity contribution in [3.8, 4) is 0 Å². The zero-order chi connectivity index (χ0) is 12.0. The molecule has 92 valence electrons. The summed E-state index contributed by atoms with van der Waals surface area (Å²) in [7, 11) is 0. The summed E-state index contributed by atoms with van der Waals surface area (Å²) in [6.07, 6.45) is 6.27. The number of unbranched alkanes of at least 4 members (excludes halogenated alkanes) is 1. The van der Waals surface area contributed by atoms with Gasteiger partial charge in [0.1, 0.15) is 0 Å². The molecule has 0 aliphatic rings. The molecule has 1 aromatic heterocycles. The van der Waals surface area contributed by atoms with Crippen LogP contribution in [0.25, 0.3) is 0 Å². The van der Waals surface area contributed by atoms with Crippen LogP contribution in [0.15, 0.2) is 12.4 Å².